The average Bonchev–Trinajstić information content (AvgIpc) is 2.89. The molecule has 1 aromatic carbocycles. The van der Waals surface area contributed by atoms with Crippen LogP contribution < -0.4 is 4.72 Å². The van der Waals surface area contributed by atoms with Crippen molar-refractivity contribution in [3.63, 3.8) is 0 Å². The van der Waals surface area contributed by atoms with Gasteiger partial charge in [-0.15, -0.1) is 0 Å². The lowest BCUT2D eigenvalue weighted by molar-refractivity contribution is 0.581. The first-order valence-corrected chi connectivity index (χ1v) is 8.93. The van der Waals surface area contributed by atoms with E-state index >= 15 is 0 Å². The van der Waals surface area contributed by atoms with Crippen molar-refractivity contribution in [1.82, 2.24) is 14.1 Å². The number of nitrogens with one attached hydrogen (secondary N) is 1. The molecule has 0 aliphatic carbocycles. The maximum absolute atomic E-state index is 12.3. The van der Waals surface area contributed by atoms with Gasteiger partial charge in [0.1, 0.15) is 5.65 Å². The van der Waals surface area contributed by atoms with E-state index in [4.69, 9.17) is 0 Å². The number of fused-ring (bicyclic) bond motifs is 1. The molecule has 0 saturated heterocycles. The predicted molar refractivity (Wildman–Crippen MR) is 90.0 cm³/mol. The fourth-order valence-electron chi connectivity index (χ4n) is 2.44. The van der Waals surface area contributed by atoms with Crippen LogP contribution >= 0.6 is 0 Å². The molecule has 6 heteroatoms. The van der Waals surface area contributed by atoms with Gasteiger partial charge in [-0.2, -0.15) is 0 Å². The minimum absolute atomic E-state index is 0.295. The number of sulfonamides is 1. The Morgan fingerprint density at radius 2 is 1.91 bits per heavy atom. The van der Waals surface area contributed by atoms with Crippen molar-refractivity contribution in [2.45, 2.75) is 25.2 Å². The number of hydrogen-bond donors (Lipinski definition) is 1. The maximum Gasteiger partial charge on any atom is 0.240 e. The molecule has 23 heavy (non-hydrogen) atoms. The molecule has 0 aliphatic rings. The van der Waals surface area contributed by atoms with Crippen molar-refractivity contribution in [2.24, 2.45) is 0 Å². The van der Waals surface area contributed by atoms with Crippen molar-refractivity contribution in [3.8, 4) is 0 Å². The Labute approximate surface area is 136 Å². The quantitative estimate of drug-likeness (QED) is 0.782. The molecule has 3 aromatic rings. The highest BCUT2D eigenvalue weighted by Gasteiger charge is 2.13. The number of nitrogens with zero attached hydrogens (tertiary/aromatic N) is 2. The van der Waals surface area contributed by atoms with Gasteiger partial charge < -0.3 is 4.40 Å². The van der Waals surface area contributed by atoms with Crippen LogP contribution in [0.1, 0.15) is 16.8 Å². The SMILES string of the molecule is Cc1cccc(S(=O)(=O)NCCc2cn3ccc(C)cc3n2)c1. The predicted octanol–water partition coefficient (Wildman–Crippen LogP) is 2.47. The van der Waals surface area contributed by atoms with Crippen LogP contribution in [-0.4, -0.2) is 24.3 Å². The molecule has 0 amide bonds. The summed E-state index contributed by atoms with van der Waals surface area (Å²) in [5, 5.41) is 0. The molecule has 3 rings (SSSR count). The molecule has 0 radical (unpaired) electrons. The summed E-state index contributed by atoms with van der Waals surface area (Å²) in [4.78, 5) is 4.80. The highest BCUT2D eigenvalue weighted by Crippen LogP contribution is 2.11. The maximum atomic E-state index is 12.3. The van der Waals surface area contributed by atoms with Gasteiger partial charge in [0.2, 0.25) is 10.0 Å². The Kier molecular flexibility index (Phi) is 4.19. The molecular formula is C17H19N3O2S. The highest BCUT2D eigenvalue weighted by atomic mass is 32.2. The molecule has 0 spiro atoms. The molecule has 2 heterocycles. The van der Waals surface area contributed by atoms with Gasteiger partial charge in [-0.05, 0) is 49.2 Å². The van der Waals surface area contributed by atoms with E-state index in [1.165, 1.54) is 0 Å². The van der Waals surface area contributed by atoms with E-state index in [2.05, 4.69) is 9.71 Å². The van der Waals surface area contributed by atoms with Crippen LogP contribution in [0, 0.1) is 13.8 Å². The number of rotatable bonds is 5. The van der Waals surface area contributed by atoms with Crippen LogP contribution in [0.2, 0.25) is 0 Å². The van der Waals surface area contributed by atoms with Crippen LogP contribution in [0.25, 0.3) is 5.65 Å². The number of aryl methyl sites for hydroxylation is 2. The Balaban J connectivity index is 1.68. The number of imidazole rings is 1. The van der Waals surface area contributed by atoms with Crippen molar-refractivity contribution in [2.75, 3.05) is 6.54 Å². The zero-order valence-electron chi connectivity index (χ0n) is 13.2. The van der Waals surface area contributed by atoms with Gasteiger partial charge in [-0.3, -0.25) is 0 Å². The summed E-state index contributed by atoms with van der Waals surface area (Å²) in [5.41, 5.74) is 3.81. The summed E-state index contributed by atoms with van der Waals surface area (Å²) in [6, 6.07) is 10.9. The number of hydrogen-bond acceptors (Lipinski definition) is 3. The summed E-state index contributed by atoms with van der Waals surface area (Å²) < 4.78 is 29.1. The van der Waals surface area contributed by atoms with E-state index in [0.717, 1.165) is 22.5 Å². The topological polar surface area (TPSA) is 63.5 Å². The Morgan fingerprint density at radius 3 is 2.70 bits per heavy atom. The lowest BCUT2D eigenvalue weighted by Crippen LogP contribution is -2.26. The first-order chi connectivity index (χ1) is 10.9. The zero-order chi connectivity index (χ0) is 16.4. The highest BCUT2D eigenvalue weighted by molar-refractivity contribution is 7.89. The third-order valence-electron chi connectivity index (χ3n) is 3.64. The van der Waals surface area contributed by atoms with Gasteiger partial charge >= 0.3 is 0 Å². The largest absolute Gasteiger partial charge is 0.307 e. The lowest BCUT2D eigenvalue weighted by Gasteiger charge is -2.06. The van der Waals surface area contributed by atoms with Crippen molar-refractivity contribution < 1.29 is 8.42 Å². The third-order valence-corrected chi connectivity index (χ3v) is 5.10. The van der Waals surface area contributed by atoms with Crippen LogP contribution in [0.15, 0.2) is 53.7 Å². The third kappa shape index (κ3) is 3.60. The van der Waals surface area contributed by atoms with Crippen LogP contribution in [0.3, 0.4) is 0 Å². The molecule has 5 nitrogen and oxygen atoms in total. The molecular weight excluding hydrogens is 310 g/mol. The van der Waals surface area contributed by atoms with Crippen LogP contribution in [0.5, 0.6) is 0 Å². The molecule has 1 N–H and O–H groups in total. The zero-order valence-corrected chi connectivity index (χ0v) is 14.0. The van der Waals surface area contributed by atoms with Gasteiger partial charge in [0, 0.05) is 25.4 Å². The standard InChI is InChI=1S/C17H19N3O2S/c1-13-4-3-5-16(10-13)23(21,22)18-8-6-15-12-20-9-7-14(2)11-17(20)19-15/h3-5,7,9-12,18H,6,8H2,1-2H3. The second-order valence-corrected chi connectivity index (χ2v) is 7.43. The summed E-state index contributed by atoms with van der Waals surface area (Å²) in [6.45, 7) is 4.21. The Bertz CT molecular complexity index is 945. The summed E-state index contributed by atoms with van der Waals surface area (Å²) in [7, 11) is -3.47. The van der Waals surface area contributed by atoms with Crippen molar-refractivity contribution in [1.29, 1.82) is 0 Å². The molecule has 0 saturated carbocycles. The average molecular weight is 329 g/mol. The van der Waals surface area contributed by atoms with Crippen molar-refractivity contribution >= 4 is 15.7 Å². The monoisotopic (exact) mass is 329 g/mol. The summed E-state index contributed by atoms with van der Waals surface area (Å²) in [6.07, 6.45) is 4.43. The molecule has 2 aromatic heterocycles. The minimum atomic E-state index is -3.47. The van der Waals surface area contributed by atoms with E-state index in [0.29, 0.717) is 17.9 Å². The van der Waals surface area contributed by atoms with Gasteiger partial charge in [-0.25, -0.2) is 18.1 Å². The normalized spacial score (nSPS) is 11.9. The van der Waals surface area contributed by atoms with E-state index in [1.807, 2.05) is 48.8 Å². The molecule has 0 unspecified atom stereocenters. The van der Waals surface area contributed by atoms with E-state index in [-0.39, 0.29) is 0 Å². The van der Waals surface area contributed by atoms with Gasteiger partial charge in [0.15, 0.2) is 0 Å². The summed E-state index contributed by atoms with van der Waals surface area (Å²) >= 11 is 0. The summed E-state index contributed by atoms with van der Waals surface area (Å²) in [5.74, 6) is 0. The molecule has 120 valence electrons. The van der Waals surface area contributed by atoms with E-state index < -0.39 is 10.0 Å². The number of pyridine rings is 1. The minimum Gasteiger partial charge on any atom is -0.307 e. The van der Waals surface area contributed by atoms with Crippen LogP contribution in [-0.2, 0) is 16.4 Å². The van der Waals surface area contributed by atoms with Gasteiger partial charge in [0.05, 0.1) is 10.6 Å². The van der Waals surface area contributed by atoms with E-state index in [1.54, 1.807) is 18.2 Å². The number of benzene rings is 1. The second-order valence-electron chi connectivity index (χ2n) is 5.67. The van der Waals surface area contributed by atoms with Crippen molar-refractivity contribution in [3.05, 3.63) is 65.6 Å². The van der Waals surface area contributed by atoms with Crippen LogP contribution in [0.4, 0.5) is 0 Å². The first-order valence-electron chi connectivity index (χ1n) is 7.45. The van der Waals surface area contributed by atoms with Gasteiger partial charge in [0.25, 0.3) is 0 Å². The fourth-order valence-corrected chi connectivity index (χ4v) is 3.57. The molecule has 0 atom stereocenters. The Hall–Kier alpha value is -2.18. The molecule has 0 bridgehead atoms. The van der Waals surface area contributed by atoms with Gasteiger partial charge in [-0.1, -0.05) is 12.1 Å². The lowest BCUT2D eigenvalue weighted by atomic mass is 10.2. The smallest absolute Gasteiger partial charge is 0.240 e. The second kappa shape index (κ2) is 6.14. The molecule has 0 fully saturated rings. The van der Waals surface area contributed by atoms with E-state index in [9.17, 15) is 8.42 Å². The molecule has 0 aliphatic heterocycles. The fraction of sp³-hybridized carbons (Fsp3) is 0.235. The first kappa shape index (κ1) is 15.7. The number of aromatic nitrogens is 2. The Morgan fingerprint density at radius 1 is 1.13 bits per heavy atom.